The Morgan fingerprint density at radius 2 is 1.52 bits per heavy atom. The van der Waals surface area contributed by atoms with Gasteiger partial charge in [0.2, 0.25) is 0 Å². The Kier molecular flexibility index (Phi) is 7.64. The summed E-state index contributed by atoms with van der Waals surface area (Å²) in [5.74, 6) is -0.845. The summed E-state index contributed by atoms with van der Waals surface area (Å²) in [4.78, 5) is 11.4. The lowest BCUT2D eigenvalue weighted by molar-refractivity contribution is 0.112. The monoisotopic (exact) mass is 438 g/mol. The van der Waals surface area contributed by atoms with Crippen molar-refractivity contribution in [1.82, 2.24) is 0 Å². The number of benzene rings is 3. The number of hydrogen-bond acceptors (Lipinski definition) is 2. The molecule has 3 aromatic rings. The highest BCUT2D eigenvalue weighted by molar-refractivity contribution is 7.85. The van der Waals surface area contributed by atoms with E-state index in [0.29, 0.717) is 34.6 Å². The van der Waals surface area contributed by atoms with Gasteiger partial charge in [0, 0.05) is 22.3 Å². The maximum Gasteiger partial charge on any atom is 0.150 e. The van der Waals surface area contributed by atoms with Crippen molar-refractivity contribution >= 4 is 28.7 Å². The van der Waals surface area contributed by atoms with E-state index in [1.165, 1.54) is 17.7 Å². The Balaban J connectivity index is 1.80. The molecule has 3 rings (SSSR count). The maximum absolute atomic E-state index is 13.8. The van der Waals surface area contributed by atoms with Gasteiger partial charge in [-0.05, 0) is 78.8 Å². The van der Waals surface area contributed by atoms with Crippen molar-refractivity contribution in [3.63, 3.8) is 0 Å². The molecule has 0 aliphatic rings. The molecular formula is C26H24F2O2S. The second-order valence-electron chi connectivity index (χ2n) is 7.51. The third-order valence-electron chi connectivity index (χ3n) is 5.16. The normalized spacial score (nSPS) is 12.6. The van der Waals surface area contributed by atoms with Gasteiger partial charge in [0.1, 0.15) is 17.9 Å². The first-order chi connectivity index (χ1) is 14.9. The molecule has 3 aromatic carbocycles. The molecule has 0 spiro atoms. The third-order valence-corrected chi connectivity index (χ3v) is 6.62. The molecule has 0 bridgehead atoms. The summed E-state index contributed by atoms with van der Waals surface area (Å²) >= 11 is 0. The van der Waals surface area contributed by atoms with Gasteiger partial charge in [0.25, 0.3) is 0 Å². The minimum Gasteiger partial charge on any atom is -0.298 e. The zero-order chi connectivity index (χ0) is 22.4. The average Bonchev–Trinajstić information content (AvgIpc) is 2.74. The average molecular weight is 439 g/mol. The summed E-state index contributed by atoms with van der Waals surface area (Å²) in [6.45, 7) is 4.05. The summed E-state index contributed by atoms with van der Waals surface area (Å²) in [5.41, 5.74) is 5.07. The van der Waals surface area contributed by atoms with Crippen LogP contribution < -0.4 is 0 Å². The first kappa shape index (κ1) is 22.8. The highest BCUT2D eigenvalue weighted by Crippen LogP contribution is 2.26. The molecule has 160 valence electrons. The third kappa shape index (κ3) is 6.28. The van der Waals surface area contributed by atoms with Crippen LogP contribution in [0.1, 0.15) is 45.5 Å². The first-order valence-corrected chi connectivity index (χ1v) is 11.4. The Morgan fingerprint density at radius 3 is 2.13 bits per heavy atom. The van der Waals surface area contributed by atoms with Crippen molar-refractivity contribution in [3.05, 3.63) is 100 Å². The van der Waals surface area contributed by atoms with Crippen molar-refractivity contribution in [2.75, 3.05) is 5.75 Å². The van der Waals surface area contributed by atoms with E-state index in [2.05, 4.69) is 0 Å². The lowest BCUT2D eigenvalue weighted by Crippen LogP contribution is -2.00. The van der Waals surface area contributed by atoms with Crippen LogP contribution in [0.15, 0.2) is 65.6 Å². The highest BCUT2D eigenvalue weighted by Gasteiger charge is 2.10. The molecule has 0 aromatic heterocycles. The van der Waals surface area contributed by atoms with Gasteiger partial charge in [-0.25, -0.2) is 8.78 Å². The summed E-state index contributed by atoms with van der Waals surface area (Å²) < 4.78 is 40.3. The van der Waals surface area contributed by atoms with Crippen LogP contribution in [0.5, 0.6) is 0 Å². The fourth-order valence-electron chi connectivity index (χ4n) is 3.30. The Hall–Kier alpha value is -2.92. The van der Waals surface area contributed by atoms with Gasteiger partial charge in [0.05, 0.1) is 10.8 Å². The lowest BCUT2D eigenvalue weighted by Gasteiger charge is -2.11. The molecule has 0 N–H and O–H groups in total. The van der Waals surface area contributed by atoms with E-state index in [1.54, 1.807) is 24.3 Å². The van der Waals surface area contributed by atoms with Gasteiger partial charge >= 0.3 is 0 Å². The number of aldehydes is 1. The van der Waals surface area contributed by atoms with E-state index in [1.807, 2.05) is 38.1 Å². The first-order valence-electron chi connectivity index (χ1n) is 10.0. The van der Waals surface area contributed by atoms with Gasteiger partial charge in [0.15, 0.2) is 0 Å². The minimum absolute atomic E-state index is 0.405. The van der Waals surface area contributed by atoms with Crippen LogP contribution >= 0.6 is 0 Å². The second-order valence-corrected chi connectivity index (χ2v) is 9.08. The number of carbonyl (C=O) groups is 1. The van der Waals surface area contributed by atoms with Crippen LogP contribution in [-0.2, 0) is 10.8 Å². The van der Waals surface area contributed by atoms with Crippen molar-refractivity contribution in [1.29, 1.82) is 0 Å². The molecule has 0 radical (unpaired) electrons. The van der Waals surface area contributed by atoms with Crippen LogP contribution in [0.2, 0.25) is 0 Å². The van der Waals surface area contributed by atoms with Crippen LogP contribution in [0.4, 0.5) is 8.78 Å². The van der Waals surface area contributed by atoms with Crippen LogP contribution in [0, 0.1) is 25.5 Å². The molecule has 1 atom stereocenters. The van der Waals surface area contributed by atoms with Crippen molar-refractivity contribution in [2.24, 2.45) is 0 Å². The van der Waals surface area contributed by atoms with E-state index < -0.39 is 22.4 Å². The van der Waals surface area contributed by atoms with Gasteiger partial charge in [-0.2, -0.15) is 0 Å². The number of allylic oxidation sites excluding steroid dienone is 1. The van der Waals surface area contributed by atoms with E-state index in [9.17, 15) is 17.8 Å². The Bertz CT molecular complexity index is 1110. The quantitative estimate of drug-likeness (QED) is 0.296. The van der Waals surface area contributed by atoms with Crippen LogP contribution in [0.3, 0.4) is 0 Å². The summed E-state index contributed by atoms with van der Waals surface area (Å²) in [5, 5.41) is 0. The molecule has 0 fully saturated rings. The molecule has 0 heterocycles. The second kappa shape index (κ2) is 10.4. The molecule has 0 saturated carbocycles. The smallest absolute Gasteiger partial charge is 0.150 e. The fourth-order valence-corrected chi connectivity index (χ4v) is 4.39. The number of carbonyl (C=O) groups excluding carboxylic acids is 1. The lowest BCUT2D eigenvalue weighted by atomic mass is 9.97. The molecule has 0 amide bonds. The van der Waals surface area contributed by atoms with Crippen molar-refractivity contribution in [3.8, 4) is 0 Å². The van der Waals surface area contributed by atoms with E-state index in [0.717, 1.165) is 29.1 Å². The zero-order valence-electron chi connectivity index (χ0n) is 17.5. The molecule has 2 nitrogen and oxygen atoms in total. The van der Waals surface area contributed by atoms with Gasteiger partial charge in [-0.15, -0.1) is 0 Å². The van der Waals surface area contributed by atoms with Gasteiger partial charge in [-0.1, -0.05) is 36.4 Å². The van der Waals surface area contributed by atoms with Gasteiger partial charge in [-0.3, -0.25) is 9.00 Å². The number of aryl methyl sites for hydroxylation is 2. The number of halogens is 2. The highest BCUT2D eigenvalue weighted by atomic mass is 32.2. The number of rotatable bonds is 8. The predicted molar refractivity (Wildman–Crippen MR) is 122 cm³/mol. The molecular weight excluding hydrogens is 414 g/mol. The fraction of sp³-hybridized carbons (Fsp3) is 0.192. The molecule has 5 heteroatoms. The summed E-state index contributed by atoms with van der Waals surface area (Å²) in [6.07, 6.45) is 3.78. The van der Waals surface area contributed by atoms with E-state index >= 15 is 0 Å². The zero-order valence-corrected chi connectivity index (χ0v) is 18.3. The molecule has 1 unspecified atom stereocenters. The van der Waals surface area contributed by atoms with Gasteiger partial charge < -0.3 is 0 Å². The SMILES string of the molecule is Cc1ccc(/C=C(/CCCS(=O)c2ccc(C=O)cc2)c2cc(F)cc(F)c2)cc1C. The van der Waals surface area contributed by atoms with Crippen molar-refractivity contribution in [2.45, 2.75) is 31.6 Å². The largest absolute Gasteiger partial charge is 0.298 e. The van der Waals surface area contributed by atoms with E-state index in [4.69, 9.17) is 0 Å². The predicted octanol–water partition coefficient (Wildman–Crippen LogP) is 6.52. The minimum atomic E-state index is -1.22. The molecule has 0 aliphatic carbocycles. The number of hydrogen-bond donors (Lipinski definition) is 0. The Morgan fingerprint density at radius 1 is 0.871 bits per heavy atom. The van der Waals surface area contributed by atoms with Crippen LogP contribution in [0.25, 0.3) is 11.6 Å². The molecule has 0 aliphatic heterocycles. The summed E-state index contributed by atoms with van der Waals surface area (Å²) in [7, 11) is -1.22. The Labute approximate surface area is 184 Å². The molecule has 0 saturated heterocycles. The van der Waals surface area contributed by atoms with Crippen molar-refractivity contribution < 1.29 is 17.8 Å². The topological polar surface area (TPSA) is 34.1 Å². The molecule has 31 heavy (non-hydrogen) atoms. The van der Waals surface area contributed by atoms with Crippen LogP contribution in [-0.4, -0.2) is 16.2 Å². The van der Waals surface area contributed by atoms with E-state index in [-0.39, 0.29) is 0 Å². The maximum atomic E-state index is 13.8. The summed E-state index contributed by atoms with van der Waals surface area (Å²) in [6, 6.07) is 16.2. The standard InChI is InChI=1S/C26H24F2O2S/c1-18-5-6-21(12-19(18)2)13-22(23-14-24(27)16-25(28)15-23)4-3-11-31(30)26-9-7-20(17-29)8-10-26/h5-10,12-17H,3-4,11H2,1-2H3/b22-13-.